The van der Waals surface area contributed by atoms with E-state index < -0.39 is 11.2 Å². The van der Waals surface area contributed by atoms with Gasteiger partial charge in [0, 0.05) is 41.3 Å². The van der Waals surface area contributed by atoms with Gasteiger partial charge in [0.2, 0.25) is 5.91 Å². The Bertz CT molecular complexity index is 1160. The van der Waals surface area contributed by atoms with E-state index in [2.05, 4.69) is 11.6 Å². The fraction of sp³-hybridized carbons (Fsp3) is 0.333. The first kappa shape index (κ1) is 26.3. The predicted molar refractivity (Wildman–Crippen MR) is 142 cm³/mol. The van der Waals surface area contributed by atoms with Crippen molar-refractivity contribution in [1.29, 1.82) is 0 Å². The van der Waals surface area contributed by atoms with Gasteiger partial charge >= 0.3 is 0 Å². The van der Waals surface area contributed by atoms with Crippen molar-refractivity contribution in [3.8, 4) is 0 Å². The topological polar surface area (TPSA) is 87.9 Å². The number of anilines is 1. The fourth-order valence-electron chi connectivity index (χ4n) is 4.16. The number of nitrogens with zero attached hydrogens (tertiary/aromatic N) is 3. The Hall–Kier alpha value is -3.32. The Morgan fingerprint density at radius 3 is 2.37 bits per heavy atom. The van der Waals surface area contributed by atoms with E-state index >= 15 is 0 Å². The van der Waals surface area contributed by atoms with Gasteiger partial charge in [-0.3, -0.25) is 4.79 Å². The molecule has 0 saturated carbocycles. The zero-order chi connectivity index (χ0) is 25.9. The molecular formula is C27H33ClFN5O. The van der Waals surface area contributed by atoms with Crippen LogP contribution in [0, 0.1) is 11.2 Å². The molecule has 186 valence electrons. The summed E-state index contributed by atoms with van der Waals surface area (Å²) < 4.78 is 14.9. The van der Waals surface area contributed by atoms with Gasteiger partial charge in [0.15, 0.2) is 0 Å². The lowest BCUT2D eigenvalue weighted by atomic mass is 9.92. The molecule has 0 spiro atoms. The number of carbonyl (C=O) groups excluding carboxylic acids is 1. The van der Waals surface area contributed by atoms with Gasteiger partial charge in [0.25, 0.3) is 0 Å². The molecule has 0 radical (unpaired) electrons. The van der Waals surface area contributed by atoms with E-state index in [9.17, 15) is 9.18 Å². The SMILES string of the molecule is C=C(N)N=C(/C=C(/C)N)c1ccc([C@@H]2CN(C(=O)C(C)(C)C)CCN2c2ccc(Cl)cc2F)cc1. The molecule has 0 aromatic heterocycles. The number of carbonyl (C=O) groups is 1. The largest absolute Gasteiger partial charge is 0.402 e. The molecule has 0 bridgehead atoms. The van der Waals surface area contributed by atoms with Crippen LogP contribution in [-0.4, -0.2) is 36.2 Å². The summed E-state index contributed by atoms with van der Waals surface area (Å²) in [7, 11) is 0. The van der Waals surface area contributed by atoms with Crippen molar-refractivity contribution in [1.82, 2.24) is 4.90 Å². The molecule has 0 unspecified atom stereocenters. The van der Waals surface area contributed by atoms with Gasteiger partial charge in [0.05, 0.1) is 17.4 Å². The molecule has 35 heavy (non-hydrogen) atoms. The summed E-state index contributed by atoms with van der Waals surface area (Å²) in [5.41, 5.74) is 14.4. The number of benzene rings is 2. The smallest absolute Gasteiger partial charge is 0.228 e. The third kappa shape index (κ3) is 6.42. The fourth-order valence-corrected chi connectivity index (χ4v) is 4.31. The number of hydrogen-bond donors (Lipinski definition) is 2. The van der Waals surface area contributed by atoms with Crippen molar-refractivity contribution in [3.05, 3.63) is 88.6 Å². The monoisotopic (exact) mass is 497 g/mol. The summed E-state index contributed by atoms with van der Waals surface area (Å²) in [6.07, 6.45) is 1.73. The van der Waals surface area contributed by atoms with Gasteiger partial charge in [-0.1, -0.05) is 63.2 Å². The van der Waals surface area contributed by atoms with Gasteiger partial charge in [-0.25, -0.2) is 9.38 Å². The molecule has 1 fully saturated rings. The maximum Gasteiger partial charge on any atom is 0.228 e. The number of nitrogens with two attached hydrogens (primary N) is 2. The van der Waals surface area contributed by atoms with Gasteiger partial charge < -0.3 is 21.3 Å². The van der Waals surface area contributed by atoms with Crippen LogP contribution in [0.1, 0.15) is 44.9 Å². The van der Waals surface area contributed by atoms with Crippen molar-refractivity contribution in [2.24, 2.45) is 21.9 Å². The van der Waals surface area contributed by atoms with Crippen LogP contribution in [0.5, 0.6) is 0 Å². The highest BCUT2D eigenvalue weighted by Crippen LogP contribution is 2.35. The number of halogens is 2. The molecule has 8 heteroatoms. The number of hydrogen-bond acceptors (Lipinski definition) is 5. The lowest BCUT2D eigenvalue weighted by Crippen LogP contribution is -2.53. The van der Waals surface area contributed by atoms with Crippen LogP contribution in [0.3, 0.4) is 0 Å². The van der Waals surface area contributed by atoms with Crippen molar-refractivity contribution in [2.45, 2.75) is 33.7 Å². The molecule has 2 aromatic carbocycles. The lowest BCUT2D eigenvalue weighted by molar-refractivity contribution is -0.140. The third-order valence-electron chi connectivity index (χ3n) is 5.75. The van der Waals surface area contributed by atoms with E-state index in [4.69, 9.17) is 23.1 Å². The van der Waals surface area contributed by atoms with E-state index in [0.717, 1.165) is 11.1 Å². The second-order valence-corrected chi connectivity index (χ2v) is 10.2. The maximum atomic E-state index is 14.9. The van der Waals surface area contributed by atoms with Crippen molar-refractivity contribution in [2.75, 3.05) is 24.5 Å². The summed E-state index contributed by atoms with van der Waals surface area (Å²) >= 11 is 5.99. The Labute approximate surface area is 211 Å². The van der Waals surface area contributed by atoms with E-state index in [1.54, 1.807) is 25.1 Å². The normalized spacial score (nSPS) is 17.5. The first-order chi connectivity index (χ1) is 16.4. The Morgan fingerprint density at radius 1 is 1.17 bits per heavy atom. The van der Waals surface area contributed by atoms with E-state index in [1.165, 1.54) is 6.07 Å². The molecule has 3 rings (SSSR count). The minimum atomic E-state index is -0.509. The molecule has 1 amide bonds. The molecule has 0 aliphatic carbocycles. The zero-order valence-corrected chi connectivity index (χ0v) is 21.4. The average molecular weight is 498 g/mol. The maximum absolute atomic E-state index is 14.9. The molecule has 4 N–H and O–H groups in total. The molecule has 1 aliphatic heterocycles. The molecule has 1 heterocycles. The molecule has 6 nitrogen and oxygen atoms in total. The number of amides is 1. The third-order valence-corrected chi connectivity index (χ3v) is 5.98. The van der Waals surface area contributed by atoms with Gasteiger partial charge in [-0.2, -0.15) is 0 Å². The lowest BCUT2D eigenvalue weighted by Gasteiger charge is -2.44. The first-order valence-electron chi connectivity index (χ1n) is 11.4. The van der Waals surface area contributed by atoms with E-state index in [-0.39, 0.29) is 17.8 Å². The number of aliphatic imine (C=N–C) groups is 1. The highest BCUT2D eigenvalue weighted by molar-refractivity contribution is 6.30. The van der Waals surface area contributed by atoms with Gasteiger partial charge in [-0.05, 0) is 36.8 Å². The Balaban J connectivity index is 2.02. The van der Waals surface area contributed by atoms with Gasteiger partial charge in [-0.15, -0.1) is 0 Å². The minimum Gasteiger partial charge on any atom is -0.402 e. The van der Waals surface area contributed by atoms with Crippen molar-refractivity contribution < 1.29 is 9.18 Å². The molecular weight excluding hydrogens is 465 g/mol. The van der Waals surface area contributed by atoms with Crippen LogP contribution in [0.2, 0.25) is 5.02 Å². The van der Waals surface area contributed by atoms with Crippen LogP contribution < -0.4 is 16.4 Å². The molecule has 1 saturated heterocycles. The van der Waals surface area contributed by atoms with Gasteiger partial charge in [0.1, 0.15) is 11.6 Å². The number of allylic oxidation sites excluding steroid dienone is 2. The standard InChI is InChI=1S/C27H33ClFN5O/c1-17(30)14-23(32-18(2)31)19-6-8-20(9-7-19)25-16-33(26(35)27(3,4)5)12-13-34(25)24-11-10-21(28)15-22(24)29/h6-11,14-15,25H,2,12-13,16,30-31H2,1,3-5H3/b17-14-,32-23?/t25-/m0/s1. The Kier molecular flexibility index (Phi) is 7.90. The highest BCUT2D eigenvalue weighted by atomic mass is 35.5. The van der Waals surface area contributed by atoms with E-state index in [1.807, 2.05) is 54.8 Å². The molecule has 1 aliphatic rings. The van der Waals surface area contributed by atoms with Crippen molar-refractivity contribution in [3.63, 3.8) is 0 Å². The number of piperazine rings is 1. The second kappa shape index (κ2) is 10.5. The Morgan fingerprint density at radius 2 is 1.83 bits per heavy atom. The predicted octanol–water partition coefficient (Wildman–Crippen LogP) is 5.00. The quantitative estimate of drug-likeness (QED) is 0.569. The first-order valence-corrected chi connectivity index (χ1v) is 11.8. The van der Waals surface area contributed by atoms with Crippen LogP contribution in [-0.2, 0) is 4.79 Å². The summed E-state index contributed by atoms with van der Waals surface area (Å²) in [6.45, 7) is 12.6. The highest BCUT2D eigenvalue weighted by Gasteiger charge is 2.35. The van der Waals surface area contributed by atoms with Crippen LogP contribution in [0.25, 0.3) is 0 Å². The van der Waals surface area contributed by atoms with Crippen LogP contribution >= 0.6 is 11.6 Å². The summed E-state index contributed by atoms with van der Waals surface area (Å²) in [6, 6.07) is 12.2. The summed E-state index contributed by atoms with van der Waals surface area (Å²) in [5.74, 6) is -0.154. The summed E-state index contributed by atoms with van der Waals surface area (Å²) in [5, 5.41) is 0.338. The second-order valence-electron chi connectivity index (χ2n) is 9.80. The van der Waals surface area contributed by atoms with E-state index in [0.29, 0.717) is 41.8 Å². The average Bonchev–Trinajstić information content (AvgIpc) is 2.77. The molecule has 1 atom stereocenters. The zero-order valence-electron chi connectivity index (χ0n) is 20.7. The van der Waals surface area contributed by atoms with Crippen LogP contribution in [0.4, 0.5) is 10.1 Å². The number of rotatable bonds is 5. The van der Waals surface area contributed by atoms with Crippen LogP contribution in [0.15, 0.2) is 71.6 Å². The minimum absolute atomic E-state index is 0.0646. The summed E-state index contributed by atoms with van der Waals surface area (Å²) in [4.78, 5) is 21.2. The molecule has 2 aromatic rings. The van der Waals surface area contributed by atoms with Crippen molar-refractivity contribution >= 4 is 28.9 Å².